The summed E-state index contributed by atoms with van der Waals surface area (Å²) in [6.45, 7) is 40.5. The molecule has 19 aromatic rings. The number of nitrogens with zero attached hydrogens (tertiary/aromatic N) is 18. The van der Waals surface area contributed by atoms with E-state index in [0.717, 1.165) is 124 Å². The predicted octanol–water partition coefficient (Wildman–Crippen LogP) is 23.2. The van der Waals surface area contributed by atoms with Crippen LogP contribution in [0.1, 0.15) is 228 Å². The number of aryl methyl sites for hydroxylation is 3. The summed E-state index contributed by atoms with van der Waals surface area (Å²) in [7, 11) is 6.06. The number of oxazole rings is 4. The first-order valence-corrected chi connectivity index (χ1v) is 46.8. The third kappa shape index (κ3) is 25.1. The van der Waals surface area contributed by atoms with Crippen molar-refractivity contribution in [3.63, 3.8) is 0 Å². The molecule has 36 heteroatoms. The van der Waals surface area contributed by atoms with E-state index in [2.05, 4.69) is 221 Å². The Morgan fingerprint density at radius 2 is 0.993 bits per heavy atom. The second-order valence-electron chi connectivity index (χ2n) is 37.4. The number of hydrogen-bond acceptors (Lipinski definition) is 23. The zero-order chi connectivity index (χ0) is 101. The minimum Gasteiger partial charge on any atom is -0.779 e. The van der Waals surface area contributed by atoms with E-state index in [4.69, 9.17) is 76.8 Å². The molecule has 760 valence electrons. The van der Waals surface area contributed by atoms with Gasteiger partial charge in [-0.2, -0.15) is 141 Å². The molecule has 0 saturated carbocycles. The summed E-state index contributed by atoms with van der Waals surface area (Å²) in [6, 6.07) is 73.4. The number of nitriles is 1. The van der Waals surface area contributed by atoms with Gasteiger partial charge in [0.1, 0.15) is 64.3 Å². The van der Waals surface area contributed by atoms with E-state index in [-0.39, 0.29) is 149 Å². The number of carboxylic acid groups (broad SMARTS) is 2. The number of ether oxygens (including phenoxy) is 2. The van der Waals surface area contributed by atoms with Crippen molar-refractivity contribution in [3.8, 4) is 62.0 Å². The van der Waals surface area contributed by atoms with E-state index in [1.807, 2.05) is 192 Å². The minimum atomic E-state index is -1.13. The molecule has 0 aliphatic rings. The van der Waals surface area contributed by atoms with Crippen molar-refractivity contribution in [3.05, 3.63) is 406 Å². The molecule has 0 bridgehead atoms. The number of carboxylic acids is 2. The molecule has 146 heavy (non-hydrogen) atoms. The van der Waals surface area contributed by atoms with Gasteiger partial charge in [0.2, 0.25) is 29.4 Å². The molecule has 19 rings (SSSR count). The van der Waals surface area contributed by atoms with Crippen LogP contribution in [0.2, 0.25) is 0 Å². The van der Waals surface area contributed by atoms with E-state index in [1.54, 1.807) is 68.1 Å². The fourth-order valence-corrected chi connectivity index (χ4v) is 17.6. The van der Waals surface area contributed by atoms with E-state index in [0.29, 0.717) is 57.3 Å². The molecule has 0 aliphatic heterocycles. The topological polar surface area (TPSA) is 349 Å². The van der Waals surface area contributed by atoms with Crippen molar-refractivity contribution in [2.75, 3.05) is 0 Å². The molecule has 7 aromatic carbocycles. The second kappa shape index (κ2) is 47.9. The van der Waals surface area contributed by atoms with Gasteiger partial charge in [-0.3, -0.25) is 0 Å². The van der Waals surface area contributed by atoms with Gasteiger partial charge in [0.15, 0.2) is 11.4 Å². The van der Waals surface area contributed by atoms with Crippen molar-refractivity contribution in [2.45, 2.75) is 159 Å². The summed E-state index contributed by atoms with van der Waals surface area (Å²) in [5.41, 5.74) is 9.52. The van der Waals surface area contributed by atoms with Crippen molar-refractivity contribution in [1.82, 2.24) is 77.9 Å². The van der Waals surface area contributed by atoms with E-state index >= 15 is 0 Å². The van der Waals surface area contributed by atoms with Crippen molar-refractivity contribution in [1.29, 1.82) is 5.26 Å². The number of carbonyl (C=O) groups is 2. The van der Waals surface area contributed by atoms with Gasteiger partial charge in [0.05, 0.1) is 35.5 Å². The fraction of sp³-hybridized carbons (Fsp3) is 0.245. The SMILES string of the molecule is CC(C)(c1[c-]c(C(C)(C)c2nc(C(=O)O)co2)ccc1)c1ncco1.CC(C)(c1[c-]cccc1)c1coc(C(C)(C)c2[c-]c(C(C)(C)c3ncco3)ccc2)n1.Cn1cc(-c2ncc[n-]2)nc1C(C)(C)c1[c-]c(Oc2ncn3ccccc23)ccc1.Cn1ccnc1C(C)(C)c1[c-]c(C(C)(C)c2nc(-c3ccccc3[S-])cn2C)ccc1.[C-]#[N+]c1nc(-c2[c-]c(Oc3nc(C(=O)O)cs3)ccc2)sc1C#N.[Pt+2].[Pt+2].[Pt+2].[Pt].[Pt]. The van der Waals surface area contributed by atoms with Gasteiger partial charge in [-0.1, -0.05) is 128 Å². The van der Waals surface area contributed by atoms with Crippen LogP contribution in [0.3, 0.4) is 0 Å². The number of rotatable bonds is 25. The van der Waals surface area contributed by atoms with Gasteiger partial charge < -0.3 is 82.9 Å². The quantitative estimate of drug-likeness (QED) is 0.0396. The molecule has 0 fully saturated rings. The summed E-state index contributed by atoms with van der Waals surface area (Å²) >= 11 is 7.67. The first-order valence-electron chi connectivity index (χ1n) is 44.7. The number of aromatic carboxylic acids is 2. The third-order valence-corrected chi connectivity index (χ3v) is 26.6. The van der Waals surface area contributed by atoms with Crippen molar-refractivity contribution < 1.29 is 152 Å². The number of imidazole rings is 5. The van der Waals surface area contributed by atoms with Crippen LogP contribution in [0, 0.1) is 54.3 Å². The van der Waals surface area contributed by atoms with Gasteiger partial charge in [0, 0.05) is 154 Å². The Morgan fingerprint density at radius 3 is 1.50 bits per heavy atom. The zero-order valence-electron chi connectivity index (χ0n) is 82.7. The Balaban J connectivity index is 0.000000186. The van der Waals surface area contributed by atoms with Gasteiger partial charge in [0.25, 0.3) is 11.0 Å². The average molecular weight is 2910 g/mol. The zero-order valence-corrected chi connectivity index (χ0v) is 96.5. The summed E-state index contributed by atoms with van der Waals surface area (Å²) < 4.78 is 42.1. The molecule has 0 saturated heterocycles. The molecule has 12 heterocycles. The fourth-order valence-electron chi connectivity index (χ4n) is 15.9. The summed E-state index contributed by atoms with van der Waals surface area (Å²) in [5, 5.41) is 28.9. The van der Waals surface area contributed by atoms with Crippen molar-refractivity contribution >= 4 is 58.6 Å². The molecular weight excluding hydrogens is 2800 g/mol. The molecule has 28 nitrogen and oxygen atoms in total. The van der Waals surface area contributed by atoms with Gasteiger partial charge >= 0.3 is 75.1 Å². The molecule has 0 amide bonds. The Kier molecular flexibility index (Phi) is 37.8. The smallest absolute Gasteiger partial charge is 0.779 e. The Bertz CT molecular complexity index is 7690. The Hall–Kier alpha value is -12.6. The van der Waals surface area contributed by atoms with Crippen LogP contribution in [0.15, 0.2) is 273 Å². The number of thiazole rings is 2. The average Bonchev–Trinajstić information content (AvgIpc) is 1.54. The van der Waals surface area contributed by atoms with Gasteiger partial charge in [-0.05, 0) is 78.9 Å². The van der Waals surface area contributed by atoms with Gasteiger partial charge in [-0.15, -0.1) is 80.6 Å². The summed E-state index contributed by atoms with van der Waals surface area (Å²) in [4.78, 5) is 79.0. The van der Waals surface area contributed by atoms with Crippen LogP contribution in [-0.4, -0.2) is 95.1 Å². The maximum Gasteiger partial charge on any atom is 2.00 e. The molecule has 0 spiro atoms. The van der Waals surface area contributed by atoms with Gasteiger partial charge in [-0.25, -0.2) is 49.5 Å². The van der Waals surface area contributed by atoms with Crippen molar-refractivity contribution in [2.24, 2.45) is 21.1 Å². The Morgan fingerprint density at radius 1 is 0.486 bits per heavy atom. The Labute approximate surface area is 932 Å². The largest absolute Gasteiger partial charge is 2.00 e. The first kappa shape index (κ1) is 115. The number of hydrogen-bond donors (Lipinski definition) is 2. The number of fused-ring (bicyclic) bond motifs is 1. The first-order chi connectivity index (χ1) is 67.1. The normalized spacial score (nSPS) is 11.5. The number of aromatic nitrogens is 16. The summed E-state index contributed by atoms with van der Waals surface area (Å²) in [5.74, 6) is 5.06. The molecule has 0 aliphatic carbocycles. The monoisotopic (exact) mass is 2900 g/mol. The number of pyridine rings is 1. The standard InChI is InChI=1S/C27H28N2O2.C26H29N4S.C23H20N6O.C19H19N2O4.C15H5N4O3S2.5Pt/c1-25(2,19-11-8-7-9-12-19)22-18-31-24(29-22)27(5,6)21-14-10-13-20(17-21)26(3,4)23-28-15-16-30-23;1-25(2,23-27-14-15-29(23)5)18-10-9-11-19(16-18)26(3,4)24-28-21(17-30(24)6)20-12-7-8-13-22(20)31;1-23(2,22-27-18(14-28(22)3)20-24-10-11-25-20)16-7-6-8-17(13-16)30-21-19-9-4-5-12-29(19)15-26-21;1-18(2,16-20-8-9-24-16)12-6-5-7-13(10-12)19(3,4)17-21-14(11-25-17)15(22)23;1-17-12-11(6-16)24-13(19-12)8-3-2-4-9(5-8)22-15-18-10(7-23-15)14(20)21;;;;;/h7-11,13-16,18H,1-6H3;7-15,17,31H,1-6H3;4-12,14-15H,1-3H3;5-9,11H,1-4H3,(H,22,23);2-4,7H,(H,20,21);;;;;/q-2;-1;-2;2*-1;;;3*+2/p-1. The maximum absolute atomic E-state index is 11.0. The summed E-state index contributed by atoms with van der Waals surface area (Å²) in [6.07, 6.45) is 24.2. The van der Waals surface area contributed by atoms with Crippen LogP contribution >= 0.6 is 22.7 Å². The molecule has 0 atom stereocenters. The number of benzene rings is 7. The minimum absolute atomic E-state index is 0. The van der Waals surface area contributed by atoms with E-state index in [9.17, 15) is 9.59 Å². The maximum atomic E-state index is 11.0. The molecule has 12 aromatic heterocycles. The van der Waals surface area contributed by atoms with Crippen LogP contribution in [0.5, 0.6) is 22.6 Å². The second-order valence-corrected chi connectivity index (χ2v) is 39.7. The molecular formula is C110H100N18O10Pt5S3-2. The van der Waals surface area contributed by atoms with Crippen LogP contribution in [0.25, 0.3) is 43.7 Å². The van der Waals surface area contributed by atoms with Crippen LogP contribution in [0.4, 0.5) is 5.82 Å². The van der Waals surface area contributed by atoms with E-state index < -0.39 is 39.0 Å². The predicted molar refractivity (Wildman–Crippen MR) is 535 cm³/mol. The van der Waals surface area contributed by atoms with E-state index in [1.165, 1.54) is 5.38 Å². The molecule has 2 N–H and O–H groups in total. The van der Waals surface area contributed by atoms with Crippen LogP contribution < -0.4 is 14.5 Å². The molecule has 0 unspecified atom stereocenters. The molecule has 0 radical (unpaired) electrons. The van der Waals surface area contributed by atoms with Crippen LogP contribution in [-0.2, 0) is 182 Å². The third-order valence-electron chi connectivity index (χ3n) is 24.6.